The molecule has 0 N–H and O–H groups in total. The fourth-order valence-electron chi connectivity index (χ4n) is 12.1. The average molecular weight is 542 g/mol. The van der Waals surface area contributed by atoms with Crippen LogP contribution in [0.4, 0.5) is 0 Å². The smallest absolute Gasteiger partial charge is 0.173 e. The van der Waals surface area contributed by atoms with Crippen LogP contribution in [0.3, 0.4) is 0 Å². The minimum Gasteiger partial charge on any atom is -0.356 e. The van der Waals surface area contributed by atoms with E-state index in [1.54, 1.807) is 6.92 Å². The lowest BCUT2D eigenvalue weighted by atomic mass is 9.33. The van der Waals surface area contributed by atoms with Gasteiger partial charge in [0.25, 0.3) is 0 Å². The number of ether oxygens (including phenoxy) is 2. The molecule has 1 aliphatic heterocycles. The Kier molecular flexibility index (Phi) is 6.17. The van der Waals surface area contributed by atoms with Crippen LogP contribution in [0.1, 0.15) is 107 Å². The lowest BCUT2D eigenvalue weighted by Gasteiger charge is -2.72. The van der Waals surface area contributed by atoms with Crippen molar-refractivity contribution in [2.75, 3.05) is 13.2 Å². The Morgan fingerprint density at radius 2 is 1.64 bits per heavy atom. The van der Waals surface area contributed by atoms with Crippen LogP contribution in [0, 0.1) is 61.6 Å². The minimum atomic E-state index is -0.517. The highest BCUT2D eigenvalue weighted by Crippen LogP contribution is 2.76. The molecule has 1 saturated heterocycles. The molecular weight excluding hydrogens is 490 g/mol. The SMILES string of the molecule is CC(=O)[C@@H]1CC(C)(C)CC2C3=C[C@H](ON=O)C4[C@@]5(C)CCC6(OCCO6)C(C)(C)C5CC[C@@]4(C)[C@]3(C)CCC21. The molecule has 1 spiro atoms. The van der Waals surface area contributed by atoms with Crippen molar-refractivity contribution in [1.29, 1.82) is 0 Å². The van der Waals surface area contributed by atoms with E-state index in [-0.39, 0.29) is 45.0 Å². The zero-order valence-electron chi connectivity index (χ0n) is 25.6. The van der Waals surface area contributed by atoms with Crippen LogP contribution in [0.25, 0.3) is 0 Å². The van der Waals surface area contributed by atoms with E-state index < -0.39 is 5.79 Å². The van der Waals surface area contributed by atoms with Gasteiger partial charge in [-0.2, -0.15) is 0 Å². The number of Topliss-reactive ketones (excluding diaryl/α,β-unsaturated/α-hetero) is 1. The highest BCUT2D eigenvalue weighted by atomic mass is 16.7. The highest BCUT2D eigenvalue weighted by molar-refractivity contribution is 5.79. The fourth-order valence-corrected chi connectivity index (χ4v) is 12.1. The molecule has 4 unspecified atom stereocenters. The number of nitrogens with zero attached hydrogens (tertiary/aromatic N) is 1. The number of carbonyl (C=O) groups excluding carboxylic acids is 1. The number of ketones is 1. The molecule has 0 bridgehead atoms. The Hall–Kier alpha value is -1.27. The first-order valence-corrected chi connectivity index (χ1v) is 15.6. The molecule has 218 valence electrons. The molecule has 5 fully saturated rings. The van der Waals surface area contributed by atoms with Gasteiger partial charge in [0.1, 0.15) is 5.78 Å². The van der Waals surface area contributed by atoms with Crippen LogP contribution in [-0.2, 0) is 19.1 Å². The summed E-state index contributed by atoms with van der Waals surface area (Å²) in [5.41, 5.74) is 1.35. The van der Waals surface area contributed by atoms with Gasteiger partial charge in [-0.3, -0.25) is 4.79 Å². The van der Waals surface area contributed by atoms with Gasteiger partial charge in [0.05, 0.1) is 13.2 Å². The van der Waals surface area contributed by atoms with Gasteiger partial charge in [-0.15, -0.1) is 4.91 Å². The van der Waals surface area contributed by atoms with E-state index in [2.05, 4.69) is 59.9 Å². The summed E-state index contributed by atoms with van der Waals surface area (Å²) in [6, 6.07) is 0. The molecule has 0 radical (unpaired) electrons. The van der Waals surface area contributed by atoms with E-state index in [0.717, 1.165) is 51.4 Å². The maximum atomic E-state index is 12.9. The van der Waals surface area contributed by atoms with E-state index in [4.69, 9.17) is 14.3 Å². The molecule has 0 aromatic heterocycles. The van der Waals surface area contributed by atoms with Crippen molar-refractivity contribution >= 4 is 5.78 Å². The molecule has 4 saturated carbocycles. The van der Waals surface area contributed by atoms with Crippen LogP contribution in [0.5, 0.6) is 0 Å². The number of rotatable bonds is 3. The lowest BCUT2D eigenvalue weighted by Crippen LogP contribution is -2.69. The monoisotopic (exact) mass is 541 g/mol. The number of allylic oxidation sites excluding steroid dienone is 1. The third-order valence-electron chi connectivity index (χ3n) is 14.0. The summed E-state index contributed by atoms with van der Waals surface area (Å²) < 4.78 is 12.8. The van der Waals surface area contributed by atoms with E-state index in [0.29, 0.717) is 36.8 Å². The summed E-state index contributed by atoms with van der Waals surface area (Å²) >= 11 is 0. The summed E-state index contributed by atoms with van der Waals surface area (Å²) in [5, 5.41) is 3.10. The Balaban J connectivity index is 1.46. The van der Waals surface area contributed by atoms with Crippen molar-refractivity contribution in [2.45, 2.75) is 119 Å². The molecule has 9 atom stereocenters. The molecule has 39 heavy (non-hydrogen) atoms. The van der Waals surface area contributed by atoms with Gasteiger partial charge in [-0.25, -0.2) is 0 Å². The van der Waals surface area contributed by atoms with Crippen molar-refractivity contribution in [3.63, 3.8) is 0 Å². The second kappa shape index (κ2) is 8.63. The second-order valence-corrected chi connectivity index (χ2v) is 16.4. The molecule has 0 amide bonds. The van der Waals surface area contributed by atoms with Crippen molar-refractivity contribution in [1.82, 2.24) is 0 Å². The van der Waals surface area contributed by atoms with Crippen LogP contribution in [0.15, 0.2) is 17.0 Å². The summed E-state index contributed by atoms with van der Waals surface area (Å²) in [7, 11) is 0. The quantitative estimate of drug-likeness (QED) is 0.208. The van der Waals surface area contributed by atoms with E-state index in [1.165, 1.54) is 5.57 Å². The summed E-state index contributed by atoms with van der Waals surface area (Å²) in [4.78, 5) is 30.6. The van der Waals surface area contributed by atoms with Gasteiger partial charge in [-0.05, 0) is 97.4 Å². The maximum absolute atomic E-state index is 12.9. The molecule has 6 rings (SSSR count). The normalized spacial score (nSPS) is 49.1. The van der Waals surface area contributed by atoms with Crippen LogP contribution < -0.4 is 0 Å². The summed E-state index contributed by atoms with van der Waals surface area (Å²) in [6.07, 6.45) is 10.3. The first-order valence-electron chi connectivity index (χ1n) is 15.6. The predicted octanol–water partition coefficient (Wildman–Crippen LogP) is 7.65. The standard InChI is InChI=1S/C33H51NO5/c1-20(35)22-18-28(2,3)19-23-21(22)9-11-31(7)24(23)17-25(39-34-36)27-30(6)13-14-33(37-15-16-38-33)29(4,5)26(30)10-12-32(27,31)8/h17,21-23,25-27H,9-16,18-19H2,1-8H3/t21?,22-,23?,25-,26?,27?,30-,31+,32+/m0/s1. The Morgan fingerprint density at radius 1 is 0.949 bits per heavy atom. The molecule has 6 aliphatic rings. The van der Waals surface area contributed by atoms with Crippen molar-refractivity contribution in [3.8, 4) is 0 Å². The third-order valence-corrected chi connectivity index (χ3v) is 14.0. The topological polar surface area (TPSA) is 74.2 Å². The van der Waals surface area contributed by atoms with Crippen LogP contribution in [0.2, 0.25) is 0 Å². The lowest BCUT2D eigenvalue weighted by molar-refractivity contribution is -0.314. The van der Waals surface area contributed by atoms with Crippen molar-refractivity contribution in [3.05, 3.63) is 16.6 Å². The minimum absolute atomic E-state index is 0.00392. The van der Waals surface area contributed by atoms with Crippen molar-refractivity contribution in [2.24, 2.45) is 62.0 Å². The predicted molar refractivity (Wildman–Crippen MR) is 150 cm³/mol. The fraction of sp³-hybridized carbons (Fsp3) is 0.909. The number of fused-ring (bicyclic) bond motifs is 7. The number of hydrogen-bond acceptors (Lipinski definition) is 6. The van der Waals surface area contributed by atoms with Gasteiger partial charge in [-0.1, -0.05) is 54.0 Å². The van der Waals surface area contributed by atoms with E-state index >= 15 is 0 Å². The van der Waals surface area contributed by atoms with Gasteiger partial charge < -0.3 is 14.3 Å². The maximum Gasteiger partial charge on any atom is 0.173 e. The van der Waals surface area contributed by atoms with Gasteiger partial charge in [0, 0.05) is 23.7 Å². The Bertz CT molecular complexity index is 1070. The Labute approximate surface area is 235 Å². The van der Waals surface area contributed by atoms with Gasteiger partial charge in [0.15, 0.2) is 17.2 Å². The third kappa shape index (κ3) is 3.55. The molecule has 1 heterocycles. The molecule has 6 heteroatoms. The highest BCUT2D eigenvalue weighted by Gasteiger charge is 2.72. The first kappa shape index (κ1) is 27.9. The van der Waals surface area contributed by atoms with E-state index in [1.807, 2.05) is 0 Å². The van der Waals surface area contributed by atoms with Crippen molar-refractivity contribution < 1.29 is 19.1 Å². The molecule has 0 aromatic rings. The molecule has 6 nitrogen and oxygen atoms in total. The second-order valence-electron chi connectivity index (χ2n) is 16.4. The zero-order chi connectivity index (χ0) is 28.2. The number of hydrogen-bond donors (Lipinski definition) is 0. The Morgan fingerprint density at radius 3 is 2.28 bits per heavy atom. The largest absolute Gasteiger partial charge is 0.356 e. The molecule has 5 aliphatic carbocycles. The van der Waals surface area contributed by atoms with E-state index in [9.17, 15) is 9.70 Å². The average Bonchev–Trinajstić information content (AvgIpc) is 3.33. The van der Waals surface area contributed by atoms with Gasteiger partial charge >= 0.3 is 0 Å². The van der Waals surface area contributed by atoms with Crippen LogP contribution >= 0.6 is 0 Å². The first-order chi connectivity index (χ1) is 18.2. The zero-order valence-corrected chi connectivity index (χ0v) is 25.6. The summed E-state index contributed by atoms with van der Waals surface area (Å²) in [5.74, 6) is 1.24. The van der Waals surface area contributed by atoms with Gasteiger partial charge in [0.2, 0.25) is 0 Å². The molecule has 0 aromatic carbocycles. The van der Waals surface area contributed by atoms with Crippen LogP contribution in [-0.4, -0.2) is 30.9 Å². The molecular formula is C33H51NO5. The number of carbonyl (C=O) groups is 1. The summed E-state index contributed by atoms with van der Waals surface area (Å²) in [6.45, 7) is 20.0.